The van der Waals surface area contributed by atoms with Crippen LogP contribution in [0.5, 0.6) is 5.75 Å². The lowest BCUT2D eigenvalue weighted by atomic mass is 9.97. The zero-order valence-corrected chi connectivity index (χ0v) is 12.2. The summed E-state index contributed by atoms with van der Waals surface area (Å²) in [5.74, 6) is 5.51. The van der Waals surface area contributed by atoms with Crippen molar-refractivity contribution in [2.24, 2.45) is 5.84 Å². The quantitative estimate of drug-likeness (QED) is 0.668. The summed E-state index contributed by atoms with van der Waals surface area (Å²) in [6, 6.07) is 8.98. The van der Waals surface area contributed by atoms with Gasteiger partial charge in [-0.3, -0.25) is 5.84 Å². The average Bonchev–Trinajstić information content (AvgIpc) is 2.45. The predicted molar refractivity (Wildman–Crippen MR) is 78.6 cm³/mol. The van der Waals surface area contributed by atoms with Gasteiger partial charge in [-0.2, -0.15) is 0 Å². The number of hydrazine groups is 1. The molecule has 0 aliphatic heterocycles. The standard InChI is InChI=1S/C14H13Cl2FN2O/c1-20-11-7-3-6-10(17)12(11)14(19-18)8-4-2-5-9(15)13(8)16/h2-7,14,19H,18H2,1H3. The fraction of sp³-hybridized carbons (Fsp3) is 0.143. The normalized spacial score (nSPS) is 12.2. The number of hydrogen-bond acceptors (Lipinski definition) is 3. The van der Waals surface area contributed by atoms with Crippen molar-refractivity contribution in [2.45, 2.75) is 6.04 Å². The summed E-state index contributed by atoms with van der Waals surface area (Å²) in [4.78, 5) is 0. The lowest BCUT2D eigenvalue weighted by molar-refractivity contribution is 0.397. The number of methoxy groups -OCH3 is 1. The van der Waals surface area contributed by atoms with Crippen LogP contribution in [0.1, 0.15) is 17.2 Å². The Hall–Kier alpha value is -1.33. The number of hydrogen-bond donors (Lipinski definition) is 2. The maximum absolute atomic E-state index is 14.1. The minimum absolute atomic E-state index is 0.279. The van der Waals surface area contributed by atoms with Crippen molar-refractivity contribution in [3.05, 3.63) is 63.4 Å². The van der Waals surface area contributed by atoms with Crippen molar-refractivity contribution in [2.75, 3.05) is 7.11 Å². The molecule has 0 saturated carbocycles. The van der Waals surface area contributed by atoms with E-state index in [4.69, 9.17) is 33.8 Å². The summed E-state index contributed by atoms with van der Waals surface area (Å²) >= 11 is 12.2. The van der Waals surface area contributed by atoms with Gasteiger partial charge in [0.05, 0.1) is 28.8 Å². The summed E-state index contributed by atoms with van der Waals surface area (Å²) in [6.45, 7) is 0. The molecular formula is C14H13Cl2FN2O. The Morgan fingerprint density at radius 2 is 1.90 bits per heavy atom. The monoisotopic (exact) mass is 314 g/mol. The molecule has 2 aromatic rings. The SMILES string of the molecule is COc1cccc(F)c1C(NN)c1cccc(Cl)c1Cl. The molecule has 1 atom stereocenters. The Morgan fingerprint density at radius 1 is 1.20 bits per heavy atom. The maximum Gasteiger partial charge on any atom is 0.132 e. The van der Waals surface area contributed by atoms with Crippen molar-refractivity contribution >= 4 is 23.2 Å². The van der Waals surface area contributed by atoms with Crippen molar-refractivity contribution in [1.82, 2.24) is 5.43 Å². The van der Waals surface area contributed by atoms with Crippen LogP contribution in [0.3, 0.4) is 0 Å². The molecule has 0 aromatic heterocycles. The van der Waals surface area contributed by atoms with Crippen LogP contribution in [0.2, 0.25) is 10.0 Å². The number of ether oxygens (including phenoxy) is 1. The van der Waals surface area contributed by atoms with Gasteiger partial charge in [-0.1, -0.05) is 41.4 Å². The molecule has 106 valence electrons. The molecule has 0 bridgehead atoms. The van der Waals surface area contributed by atoms with Gasteiger partial charge in [-0.05, 0) is 23.8 Å². The number of halogens is 3. The molecule has 0 heterocycles. The maximum atomic E-state index is 14.1. The number of nitrogens with two attached hydrogens (primary N) is 1. The lowest BCUT2D eigenvalue weighted by Gasteiger charge is -2.21. The second-order valence-corrected chi connectivity index (χ2v) is 4.88. The highest BCUT2D eigenvalue weighted by Crippen LogP contribution is 2.37. The number of benzene rings is 2. The largest absolute Gasteiger partial charge is 0.496 e. The van der Waals surface area contributed by atoms with Crippen molar-refractivity contribution in [1.29, 1.82) is 0 Å². The van der Waals surface area contributed by atoms with E-state index < -0.39 is 11.9 Å². The molecule has 1 unspecified atom stereocenters. The van der Waals surface area contributed by atoms with Crippen LogP contribution in [0.25, 0.3) is 0 Å². The first-order valence-electron chi connectivity index (χ1n) is 5.82. The fourth-order valence-electron chi connectivity index (χ4n) is 2.05. The van der Waals surface area contributed by atoms with Gasteiger partial charge < -0.3 is 4.74 Å². The predicted octanol–water partition coefficient (Wildman–Crippen LogP) is 3.69. The first-order chi connectivity index (χ1) is 9.60. The molecule has 2 aromatic carbocycles. The van der Waals surface area contributed by atoms with Gasteiger partial charge >= 0.3 is 0 Å². The average molecular weight is 315 g/mol. The number of nitrogens with one attached hydrogen (secondary N) is 1. The highest BCUT2D eigenvalue weighted by Gasteiger charge is 2.23. The molecule has 0 amide bonds. The van der Waals surface area contributed by atoms with Gasteiger partial charge in [0.15, 0.2) is 0 Å². The Bertz CT molecular complexity index is 622. The lowest BCUT2D eigenvalue weighted by Crippen LogP contribution is -2.30. The Balaban J connectivity index is 2.61. The summed E-state index contributed by atoms with van der Waals surface area (Å²) < 4.78 is 19.3. The second-order valence-electron chi connectivity index (χ2n) is 4.10. The summed E-state index contributed by atoms with van der Waals surface area (Å²) in [6.07, 6.45) is 0. The van der Waals surface area contributed by atoms with E-state index in [1.807, 2.05) is 0 Å². The zero-order valence-electron chi connectivity index (χ0n) is 10.7. The fourth-order valence-corrected chi connectivity index (χ4v) is 2.46. The van der Waals surface area contributed by atoms with E-state index >= 15 is 0 Å². The Kier molecular flexibility index (Phi) is 4.83. The van der Waals surface area contributed by atoms with Crippen LogP contribution >= 0.6 is 23.2 Å². The number of rotatable bonds is 4. The summed E-state index contributed by atoms with van der Waals surface area (Å²) in [7, 11) is 1.46. The molecule has 0 fully saturated rings. The molecule has 20 heavy (non-hydrogen) atoms. The Labute approximate surface area is 126 Å². The highest BCUT2D eigenvalue weighted by molar-refractivity contribution is 6.42. The molecule has 0 aliphatic rings. The molecule has 3 N–H and O–H groups in total. The van der Waals surface area contributed by atoms with E-state index in [0.717, 1.165) is 0 Å². The van der Waals surface area contributed by atoms with Crippen LogP contribution in [0.4, 0.5) is 4.39 Å². The first kappa shape index (κ1) is 15.1. The summed E-state index contributed by atoms with van der Waals surface area (Å²) in [5.41, 5.74) is 3.41. The molecule has 0 radical (unpaired) electrons. The van der Waals surface area contributed by atoms with Gasteiger partial charge in [0.2, 0.25) is 0 Å². The van der Waals surface area contributed by atoms with Gasteiger partial charge in [-0.25, -0.2) is 9.82 Å². The van der Waals surface area contributed by atoms with E-state index in [1.54, 1.807) is 30.3 Å². The zero-order chi connectivity index (χ0) is 14.7. The minimum Gasteiger partial charge on any atom is -0.496 e. The molecule has 2 rings (SSSR count). The van der Waals surface area contributed by atoms with E-state index in [9.17, 15) is 4.39 Å². The topological polar surface area (TPSA) is 47.3 Å². The van der Waals surface area contributed by atoms with Gasteiger partial charge in [0, 0.05) is 0 Å². The van der Waals surface area contributed by atoms with Crippen LogP contribution in [0.15, 0.2) is 36.4 Å². The third-order valence-corrected chi connectivity index (χ3v) is 3.81. The van der Waals surface area contributed by atoms with Gasteiger partial charge in [0.1, 0.15) is 11.6 Å². The van der Waals surface area contributed by atoms with Crippen molar-refractivity contribution < 1.29 is 9.13 Å². The smallest absolute Gasteiger partial charge is 0.132 e. The van der Waals surface area contributed by atoms with Crippen molar-refractivity contribution in [3.63, 3.8) is 0 Å². The minimum atomic E-state index is -0.669. The van der Waals surface area contributed by atoms with Crippen LogP contribution in [-0.2, 0) is 0 Å². The van der Waals surface area contributed by atoms with E-state index in [0.29, 0.717) is 21.4 Å². The molecule has 3 nitrogen and oxygen atoms in total. The molecule has 0 aliphatic carbocycles. The van der Waals surface area contributed by atoms with E-state index in [-0.39, 0.29) is 5.56 Å². The van der Waals surface area contributed by atoms with Gasteiger partial charge in [-0.15, -0.1) is 0 Å². The van der Waals surface area contributed by atoms with E-state index in [1.165, 1.54) is 13.2 Å². The highest BCUT2D eigenvalue weighted by atomic mass is 35.5. The molecule has 0 spiro atoms. The third-order valence-electron chi connectivity index (χ3n) is 2.98. The molecule has 0 saturated heterocycles. The van der Waals surface area contributed by atoms with Crippen LogP contribution in [0, 0.1) is 5.82 Å². The van der Waals surface area contributed by atoms with Gasteiger partial charge in [0.25, 0.3) is 0 Å². The van der Waals surface area contributed by atoms with E-state index in [2.05, 4.69) is 5.43 Å². The summed E-state index contributed by atoms with van der Waals surface area (Å²) in [5, 5.41) is 0.696. The first-order valence-corrected chi connectivity index (χ1v) is 6.58. The van der Waals surface area contributed by atoms with Crippen LogP contribution in [-0.4, -0.2) is 7.11 Å². The van der Waals surface area contributed by atoms with Crippen LogP contribution < -0.4 is 16.0 Å². The third kappa shape index (κ3) is 2.74. The molecule has 6 heteroatoms. The molecular weight excluding hydrogens is 302 g/mol. The second kappa shape index (κ2) is 6.41. The Morgan fingerprint density at radius 3 is 2.55 bits per heavy atom. The van der Waals surface area contributed by atoms with Crippen molar-refractivity contribution in [3.8, 4) is 5.75 Å².